The molecule has 5 nitrogen and oxygen atoms in total. The van der Waals surface area contributed by atoms with Crippen molar-refractivity contribution in [2.45, 2.75) is 51.9 Å². The minimum Gasteiger partial charge on any atom is -0.338 e. The van der Waals surface area contributed by atoms with Crippen LogP contribution in [0.5, 0.6) is 0 Å². The Morgan fingerprint density at radius 2 is 2.00 bits per heavy atom. The molecule has 0 bridgehead atoms. The van der Waals surface area contributed by atoms with Crippen LogP contribution >= 0.6 is 0 Å². The topological polar surface area (TPSA) is 59.2 Å². The second-order valence-corrected chi connectivity index (χ2v) is 4.91. The molecule has 0 aliphatic carbocycles. The van der Waals surface area contributed by atoms with Crippen LogP contribution in [0, 0.1) is 0 Å². The van der Waals surface area contributed by atoms with Gasteiger partial charge in [0, 0.05) is 13.1 Å². The second kappa shape index (κ2) is 5.98. The van der Waals surface area contributed by atoms with Crippen LogP contribution in [0.3, 0.4) is 0 Å². The van der Waals surface area contributed by atoms with Crippen molar-refractivity contribution < 1.29 is 9.32 Å². The Bertz CT molecular complexity index is 395. The molecule has 1 unspecified atom stereocenters. The van der Waals surface area contributed by atoms with Gasteiger partial charge in [0.25, 0.3) is 5.95 Å². The molecule has 2 rings (SSSR count). The van der Waals surface area contributed by atoms with E-state index in [9.17, 15) is 4.79 Å². The summed E-state index contributed by atoms with van der Waals surface area (Å²) in [5.74, 6) is 0.942. The highest BCUT2D eigenvalue weighted by molar-refractivity contribution is 5.82. The smallest absolute Gasteiger partial charge is 0.266 e. The average Bonchev–Trinajstić information content (AvgIpc) is 2.65. The van der Waals surface area contributed by atoms with Gasteiger partial charge in [0.1, 0.15) is 5.78 Å². The largest absolute Gasteiger partial charge is 0.338 e. The van der Waals surface area contributed by atoms with Crippen LogP contribution in [0.1, 0.15) is 57.8 Å². The predicted molar refractivity (Wildman–Crippen MR) is 68.7 cm³/mol. The van der Waals surface area contributed by atoms with Gasteiger partial charge in [0.05, 0.1) is 5.92 Å². The summed E-state index contributed by atoms with van der Waals surface area (Å²) in [6, 6.07) is 0. The van der Waals surface area contributed by atoms with Gasteiger partial charge in [-0.15, -0.1) is 0 Å². The molecule has 5 heteroatoms. The quantitative estimate of drug-likeness (QED) is 0.823. The highest BCUT2D eigenvalue weighted by Gasteiger charge is 2.23. The van der Waals surface area contributed by atoms with Crippen LogP contribution in [-0.4, -0.2) is 29.0 Å². The van der Waals surface area contributed by atoms with Gasteiger partial charge in [-0.2, -0.15) is 4.98 Å². The van der Waals surface area contributed by atoms with E-state index in [1.807, 2.05) is 6.92 Å². The Kier molecular flexibility index (Phi) is 4.33. The molecule has 0 radical (unpaired) electrons. The van der Waals surface area contributed by atoms with E-state index in [-0.39, 0.29) is 11.7 Å². The number of rotatable bonds is 4. The predicted octanol–water partition coefficient (Wildman–Crippen LogP) is 2.53. The van der Waals surface area contributed by atoms with Crippen molar-refractivity contribution in [3.63, 3.8) is 0 Å². The van der Waals surface area contributed by atoms with E-state index in [1.165, 1.54) is 25.7 Å². The van der Waals surface area contributed by atoms with Gasteiger partial charge in [-0.3, -0.25) is 4.79 Å². The second-order valence-electron chi connectivity index (χ2n) is 4.91. The van der Waals surface area contributed by atoms with Crippen molar-refractivity contribution in [1.82, 2.24) is 10.1 Å². The summed E-state index contributed by atoms with van der Waals surface area (Å²) >= 11 is 0. The van der Waals surface area contributed by atoms with Gasteiger partial charge in [-0.1, -0.05) is 19.8 Å². The maximum absolute atomic E-state index is 11.5. The average molecular weight is 251 g/mol. The Morgan fingerprint density at radius 3 is 2.56 bits per heavy atom. The first kappa shape index (κ1) is 13.1. The molecule has 0 aromatic carbocycles. The van der Waals surface area contributed by atoms with Crippen molar-refractivity contribution in [3.8, 4) is 0 Å². The van der Waals surface area contributed by atoms with E-state index in [0.717, 1.165) is 13.1 Å². The maximum atomic E-state index is 11.5. The highest BCUT2D eigenvalue weighted by Crippen LogP contribution is 2.22. The number of carbonyl (C=O) groups is 1. The third-order valence-corrected chi connectivity index (χ3v) is 3.52. The van der Waals surface area contributed by atoms with Crippen molar-refractivity contribution >= 4 is 11.7 Å². The molecule has 1 aliphatic rings. The summed E-state index contributed by atoms with van der Waals surface area (Å²) in [7, 11) is 0. The number of aromatic nitrogens is 2. The fraction of sp³-hybridized carbons (Fsp3) is 0.769. The lowest BCUT2D eigenvalue weighted by molar-refractivity contribution is -0.119. The van der Waals surface area contributed by atoms with Crippen molar-refractivity contribution in [3.05, 3.63) is 5.89 Å². The van der Waals surface area contributed by atoms with Gasteiger partial charge in [0.2, 0.25) is 5.89 Å². The third kappa shape index (κ3) is 2.89. The maximum Gasteiger partial charge on any atom is 0.266 e. The summed E-state index contributed by atoms with van der Waals surface area (Å²) in [6.45, 7) is 5.50. The van der Waals surface area contributed by atoms with E-state index < -0.39 is 0 Å². The summed E-state index contributed by atoms with van der Waals surface area (Å²) < 4.78 is 5.25. The van der Waals surface area contributed by atoms with Gasteiger partial charge in [-0.05, 0) is 31.3 Å². The molecule has 1 fully saturated rings. The molecule has 0 saturated carbocycles. The molecule has 0 amide bonds. The van der Waals surface area contributed by atoms with E-state index >= 15 is 0 Å². The number of hydrogen-bond acceptors (Lipinski definition) is 5. The fourth-order valence-electron chi connectivity index (χ4n) is 2.40. The van der Waals surface area contributed by atoms with E-state index in [4.69, 9.17) is 4.52 Å². The lowest BCUT2D eigenvalue weighted by atomic mass is 10.0. The lowest BCUT2D eigenvalue weighted by Crippen LogP contribution is -2.25. The van der Waals surface area contributed by atoms with Crippen LogP contribution in [-0.2, 0) is 4.79 Å². The first-order valence-electron chi connectivity index (χ1n) is 6.81. The van der Waals surface area contributed by atoms with E-state index in [2.05, 4.69) is 15.0 Å². The first-order valence-corrected chi connectivity index (χ1v) is 6.81. The first-order chi connectivity index (χ1) is 8.72. The Balaban J connectivity index is 2.11. The summed E-state index contributed by atoms with van der Waals surface area (Å²) in [4.78, 5) is 18.0. The number of anilines is 1. The minimum atomic E-state index is -0.252. The summed E-state index contributed by atoms with van der Waals surface area (Å²) in [6.07, 6.45) is 5.59. The normalized spacial score (nSPS) is 18.4. The SMILES string of the molecule is CCC(C(C)=O)c1nc(N2CCCCCC2)no1. The highest BCUT2D eigenvalue weighted by atomic mass is 16.5. The van der Waals surface area contributed by atoms with Crippen molar-refractivity contribution in [2.24, 2.45) is 0 Å². The summed E-state index contributed by atoms with van der Waals surface area (Å²) in [5, 5.41) is 4.02. The van der Waals surface area contributed by atoms with Crippen LogP contribution in [0.25, 0.3) is 0 Å². The summed E-state index contributed by atoms with van der Waals surface area (Å²) in [5.41, 5.74) is 0. The zero-order chi connectivity index (χ0) is 13.0. The Morgan fingerprint density at radius 1 is 1.33 bits per heavy atom. The molecular formula is C13H21N3O2. The number of carbonyl (C=O) groups excluding carboxylic acids is 1. The van der Waals surface area contributed by atoms with Crippen molar-refractivity contribution in [2.75, 3.05) is 18.0 Å². The molecular weight excluding hydrogens is 230 g/mol. The minimum absolute atomic E-state index is 0.0866. The number of Topliss-reactive ketones (excluding diaryl/α,β-unsaturated/α-hetero) is 1. The zero-order valence-corrected chi connectivity index (χ0v) is 11.2. The van der Waals surface area contributed by atoms with Crippen LogP contribution in [0.15, 0.2) is 4.52 Å². The van der Waals surface area contributed by atoms with Gasteiger partial charge >= 0.3 is 0 Å². The van der Waals surface area contributed by atoms with Crippen molar-refractivity contribution in [1.29, 1.82) is 0 Å². The molecule has 0 N–H and O–H groups in total. The Labute approximate surface area is 108 Å². The van der Waals surface area contributed by atoms with Crippen LogP contribution in [0.2, 0.25) is 0 Å². The lowest BCUT2D eigenvalue weighted by Gasteiger charge is -2.16. The molecule has 1 atom stereocenters. The molecule has 2 heterocycles. The Hall–Kier alpha value is -1.39. The van der Waals surface area contributed by atoms with Crippen LogP contribution in [0.4, 0.5) is 5.95 Å². The molecule has 1 saturated heterocycles. The van der Waals surface area contributed by atoms with Gasteiger partial charge < -0.3 is 9.42 Å². The molecule has 1 aliphatic heterocycles. The molecule has 100 valence electrons. The number of nitrogens with zero attached hydrogens (tertiary/aromatic N) is 3. The molecule has 0 spiro atoms. The number of ketones is 1. The molecule has 18 heavy (non-hydrogen) atoms. The van der Waals surface area contributed by atoms with Gasteiger partial charge in [-0.25, -0.2) is 0 Å². The third-order valence-electron chi connectivity index (χ3n) is 3.52. The van der Waals surface area contributed by atoms with Gasteiger partial charge in [0.15, 0.2) is 0 Å². The molecule has 1 aromatic heterocycles. The van der Waals surface area contributed by atoms with E-state index in [1.54, 1.807) is 6.92 Å². The standard InChI is InChI=1S/C13H21N3O2/c1-3-11(10(2)17)12-14-13(15-18-12)16-8-6-4-5-7-9-16/h11H,3-9H2,1-2H3. The monoisotopic (exact) mass is 251 g/mol. The van der Waals surface area contributed by atoms with E-state index in [0.29, 0.717) is 18.3 Å². The number of hydrogen-bond donors (Lipinski definition) is 0. The molecule has 1 aromatic rings. The fourth-order valence-corrected chi connectivity index (χ4v) is 2.40. The zero-order valence-electron chi connectivity index (χ0n) is 11.2. The van der Waals surface area contributed by atoms with Crippen LogP contribution < -0.4 is 4.90 Å².